The summed E-state index contributed by atoms with van der Waals surface area (Å²) in [5, 5.41) is 8.58. The minimum Gasteiger partial charge on any atom is -0.481 e. The molecule has 1 aromatic rings. The molecule has 1 rings (SSSR count). The van der Waals surface area contributed by atoms with Crippen LogP contribution in [0.1, 0.15) is 6.42 Å². The van der Waals surface area contributed by atoms with Gasteiger partial charge in [0.05, 0.1) is 12.5 Å². The number of hydrogen-bond acceptors (Lipinski definition) is 4. The van der Waals surface area contributed by atoms with E-state index in [0.717, 1.165) is 6.07 Å². The summed E-state index contributed by atoms with van der Waals surface area (Å²) in [5.41, 5.74) is 0. The van der Waals surface area contributed by atoms with Crippen LogP contribution in [0.25, 0.3) is 0 Å². The van der Waals surface area contributed by atoms with Crippen molar-refractivity contribution in [3.05, 3.63) is 29.8 Å². The van der Waals surface area contributed by atoms with Gasteiger partial charge in [-0.3, -0.25) is 4.79 Å². The molecule has 0 saturated heterocycles. The fourth-order valence-corrected chi connectivity index (χ4v) is 2.55. The van der Waals surface area contributed by atoms with E-state index in [1.165, 1.54) is 7.11 Å². The summed E-state index contributed by atoms with van der Waals surface area (Å²) in [4.78, 5) is 9.65. The summed E-state index contributed by atoms with van der Waals surface area (Å²) in [6.07, 6.45) is -1.34. The van der Waals surface area contributed by atoms with E-state index in [1.807, 2.05) is 4.72 Å². The van der Waals surface area contributed by atoms with E-state index in [0.29, 0.717) is 12.1 Å². The second kappa shape index (κ2) is 6.73. The average Bonchev–Trinajstić information content (AvgIpc) is 2.36. The Morgan fingerprint density at radius 2 is 2.10 bits per heavy atom. The minimum atomic E-state index is -4.29. The first kappa shape index (κ1) is 16.5. The quantitative estimate of drug-likeness (QED) is 0.774. The van der Waals surface area contributed by atoms with E-state index in [-0.39, 0.29) is 6.54 Å². The molecule has 0 saturated carbocycles. The molecule has 0 bridgehead atoms. The first-order valence-electron chi connectivity index (χ1n) is 5.45. The van der Waals surface area contributed by atoms with Crippen molar-refractivity contribution in [2.24, 2.45) is 0 Å². The molecule has 1 atom stereocenters. The van der Waals surface area contributed by atoms with Gasteiger partial charge >= 0.3 is 5.97 Å². The van der Waals surface area contributed by atoms with Gasteiger partial charge in [-0.2, -0.15) is 0 Å². The van der Waals surface area contributed by atoms with Crippen molar-refractivity contribution < 1.29 is 31.8 Å². The number of sulfonamides is 1. The number of carboxylic acids is 1. The Labute approximate surface area is 114 Å². The normalized spacial score (nSPS) is 13.2. The molecule has 0 heterocycles. The number of hydrogen-bond donors (Lipinski definition) is 2. The zero-order valence-electron chi connectivity index (χ0n) is 10.5. The van der Waals surface area contributed by atoms with Crippen LogP contribution in [0.4, 0.5) is 8.78 Å². The first-order valence-corrected chi connectivity index (χ1v) is 6.94. The molecule has 0 aliphatic carbocycles. The Hall–Kier alpha value is -1.58. The molecule has 112 valence electrons. The van der Waals surface area contributed by atoms with Crippen LogP contribution in [0.15, 0.2) is 23.1 Å². The number of rotatable bonds is 7. The maximum atomic E-state index is 13.4. The summed E-state index contributed by atoms with van der Waals surface area (Å²) in [7, 11) is -3.08. The van der Waals surface area contributed by atoms with E-state index < -0.39 is 45.0 Å². The molecule has 1 unspecified atom stereocenters. The van der Waals surface area contributed by atoms with Crippen LogP contribution in [-0.2, 0) is 19.6 Å². The van der Waals surface area contributed by atoms with Crippen LogP contribution in [0.2, 0.25) is 0 Å². The molecule has 20 heavy (non-hydrogen) atoms. The summed E-state index contributed by atoms with van der Waals surface area (Å²) in [5.74, 6) is -3.18. The monoisotopic (exact) mass is 309 g/mol. The van der Waals surface area contributed by atoms with Crippen LogP contribution in [-0.4, -0.2) is 39.3 Å². The van der Waals surface area contributed by atoms with Gasteiger partial charge in [-0.1, -0.05) is 0 Å². The molecule has 0 aliphatic heterocycles. The zero-order chi connectivity index (χ0) is 15.3. The van der Waals surface area contributed by atoms with Crippen LogP contribution in [0, 0.1) is 11.6 Å². The second-order valence-corrected chi connectivity index (χ2v) is 5.62. The lowest BCUT2D eigenvalue weighted by Crippen LogP contribution is -2.34. The Balaban J connectivity index is 2.84. The average molecular weight is 309 g/mol. The fourth-order valence-electron chi connectivity index (χ4n) is 1.40. The lowest BCUT2D eigenvalue weighted by molar-refractivity contribution is -0.139. The predicted molar refractivity (Wildman–Crippen MR) is 64.6 cm³/mol. The number of halogens is 2. The van der Waals surface area contributed by atoms with E-state index in [4.69, 9.17) is 9.84 Å². The molecule has 0 radical (unpaired) electrons. The number of aliphatic carboxylic acids is 1. The standard InChI is InChI=1S/C11H13F2NO5S/c1-19-8(5-11(15)16)6-14-20(17,18)10-4-7(12)2-3-9(10)13/h2-4,8,14H,5-6H2,1H3,(H,15,16). The van der Waals surface area contributed by atoms with E-state index >= 15 is 0 Å². The summed E-state index contributed by atoms with van der Waals surface area (Å²) < 4.78 is 56.7. The molecule has 0 amide bonds. The van der Waals surface area contributed by atoms with Gasteiger partial charge in [0.25, 0.3) is 0 Å². The SMILES string of the molecule is COC(CNS(=O)(=O)c1cc(F)ccc1F)CC(=O)O. The summed E-state index contributed by atoms with van der Waals surface area (Å²) in [6, 6.07) is 2.02. The third kappa shape index (κ3) is 4.51. The van der Waals surface area contributed by atoms with Crippen LogP contribution in [0.5, 0.6) is 0 Å². The second-order valence-electron chi connectivity index (χ2n) is 3.88. The molecular formula is C11H13F2NO5S. The molecule has 0 fully saturated rings. The Kier molecular flexibility index (Phi) is 5.54. The number of ether oxygens (including phenoxy) is 1. The van der Waals surface area contributed by atoms with E-state index in [1.54, 1.807) is 0 Å². The Morgan fingerprint density at radius 1 is 1.45 bits per heavy atom. The van der Waals surface area contributed by atoms with Crippen molar-refractivity contribution in [3.8, 4) is 0 Å². The molecule has 0 aromatic heterocycles. The fraction of sp³-hybridized carbons (Fsp3) is 0.364. The largest absolute Gasteiger partial charge is 0.481 e. The van der Waals surface area contributed by atoms with Gasteiger partial charge in [-0.25, -0.2) is 21.9 Å². The van der Waals surface area contributed by atoms with Gasteiger partial charge in [-0.15, -0.1) is 0 Å². The number of benzene rings is 1. The van der Waals surface area contributed by atoms with Crippen molar-refractivity contribution >= 4 is 16.0 Å². The van der Waals surface area contributed by atoms with E-state index in [2.05, 4.69) is 0 Å². The van der Waals surface area contributed by atoms with Gasteiger partial charge < -0.3 is 9.84 Å². The van der Waals surface area contributed by atoms with Crippen molar-refractivity contribution in [2.45, 2.75) is 17.4 Å². The zero-order valence-corrected chi connectivity index (χ0v) is 11.3. The van der Waals surface area contributed by atoms with Crippen molar-refractivity contribution in [3.63, 3.8) is 0 Å². The van der Waals surface area contributed by atoms with Gasteiger partial charge in [-0.05, 0) is 18.2 Å². The molecule has 2 N–H and O–H groups in total. The van der Waals surface area contributed by atoms with Crippen LogP contribution < -0.4 is 4.72 Å². The van der Waals surface area contributed by atoms with Crippen LogP contribution in [0.3, 0.4) is 0 Å². The van der Waals surface area contributed by atoms with Crippen molar-refractivity contribution in [2.75, 3.05) is 13.7 Å². The maximum absolute atomic E-state index is 13.4. The molecular weight excluding hydrogens is 296 g/mol. The smallest absolute Gasteiger partial charge is 0.306 e. The van der Waals surface area contributed by atoms with Gasteiger partial charge in [0.1, 0.15) is 16.5 Å². The van der Waals surface area contributed by atoms with Gasteiger partial charge in [0.2, 0.25) is 10.0 Å². The molecule has 9 heteroatoms. The van der Waals surface area contributed by atoms with Gasteiger partial charge in [0.15, 0.2) is 0 Å². The highest BCUT2D eigenvalue weighted by Crippen LogP contribution is 2.15. The van der Waals surface area contributed by atoms with Crippen molar-refractivity contribution in [1.29, 1.82) is 0 Å². The number of methoxy groups -OCH3 is 1. The summed E-state index contributed by atoms with van der Waals surface area (Å²) in [6.45, 7) is -0.374. The third-order valence-corrected chi connectivity index (χ3v) is 3.86. The minimum absolute atomic E-state index is 0.374. The van der Waals surface area contributed by atoms with Gasteiger partial charge in [0, 0.05) is 13.7 Å². The molecule has 1 aromatic carbocycles. The lowest BCUT2D eigenvalue weighted by Gasteiger charge is -2.14. The number of nitrogens with one attached hydrogen (secondary N) is 1. The Morgan fingerprint density at radius 3 is 2.65 bits per heavy atom. The first-order chi connectivity index (χ1) is 9.26. The van der Waals surface area contributed by atoms with Crippen LogP contribution >= 0.6 is 0 Å². The van der Waals surface area contributed by atoms with E-state index in [9.17, 15) is 22.0 Å². The predicted octanol–water partition coefficient (Wildman–Crippen LogP) is 0.733. The Bertz CT molecular complexity index is 590. The maximum Gasteiger partial charge on any atom is 0.306 e. The van der Waals surface area contributed by atoms with Crippen molar-refractivity contribution in [1.82, 2.24) is 4.72 Å². The highest BCUT2D eigenvalue weighted by atomic mass is 32.2. The topological polar surface area (TPSA) is 92.7 Å². The number of carbonyl (C=O) groups is 1. The molecule has 0 spiro atoms. The summed E-state index contributed by atoms with van der Waals surface area (Å²) >= 11 is 0. The molecule has 0 aliphatic rings. The number of carboxylic acid groups (broad SMARTS) is 1. The highest BCUT2D eigenvalue weighted by molar-refractivity contribution is 7.89. The highest BCUT2D eigenvalue weighted by Gasteiger charge is 2.22. The molecule has 6 nitrogen and oxygen atoms in total. The lowest BCUT2D eigenvalue weighted by atomic mass is 10.2. The third-order valence-electron chi connectivity index (χ3n) is 2.42.